The van der Waals surface area contributed by atoms with E-state index in [1.165, 1.54) is 7.11 Å². The molecule has 0 bridgehead atoms. The maximum Gasteiger partial charge on any atom is 0.188 e. The Morgan fingerprint density at radius 2 is 1.77 bits per heavy atom. The molecule has 0 saturated heterocycles. The molecule has 0 saturated carbocycles. The van der Waals surface area contributed by atoms with E-state index in [4.69, 9.17) is 14.5 Å². The topological polar surface area (TPSA) is 68.5 Å². The van der Waals surface area contributed by atoms with Gasteiger partial charge in [-0.05, 0) is 19.2 Å². The number of anilines is 2. The zero-order valence-electron chi connectivity index (χ0n) is 21.0. The van der Waals surface area contributed by atoms with Gasteiger partial charge in [0.1, 0.15) is 5.75 Å². The molecule has 0 aliphatic carbocycles. The molecular formula is C26H31FN6O2. The number of ether oxygens (including phenoxy) is 2. The first-order chi connectivity index (χ1) is 17.0. The van der Waals surface area contributed by atoms with E-state index in [0.717, 1.165) is 40.1 Å². The summed E-state index contributed by atoms with van der Waals surface area (Å²) < 4.78 is 27.8. The van der Waals surface area contributed by atoms with Crippen LogP contribution in [-0.4, -0.2) is 59.0 Å². The second-order valence-electron chi connectivity index (χ2n) is 8.14. The molecule has 35 heavy (non-hydrogen) atoms. The average Bonchev–Trinajstić information content (AvgIpc) is 3.24. The number of halogens is 1. The van der Waals surface area contributed by atoms with Crippen LogP contribution in [0.1, 0.15) is 19.4 Å². The molecule has 1 aliphatic heterocycles. The molecule has 0 unspecified atom stereocenters. The van der Waals surface area contributed by atoms with E-state index < -0.39 is 5.82 Å². The minimum Gasteiger partial charge on any atom is -0.497 e. The highest BCUT2D eigenvalue weighted by molar-refractivity contribution is 5.87. The van der Waals surface area contributed by atoms with Crippen LogP contribution in [0.25, 0.3) is 22.3 Å². The van der Waals surface area contributed by atoms with Crippen LogP contribution < -0.4 is 14.4 Å². The van der Waals surface area contributed by atoms with Gasteiger partial charge in [-0.2, -0.15) is 5.10 Å². The van der Waals surface area contributed by atoms with Crippen LogP contribution in [0.15, 0.2) is 42.9 Å². The fraction of sp³-hybridized carbons (Fsp3) is 0.346. The number of nitrogens with zero attached hydrogens (tertiary/aromatic N) is 6. The smallest absolute Gasteiger partial charge is 0.188 e. The Labute approximate surface area is 204 Å². The van der Waals surface area contributed by atoms with E-state index in [1.807, 2.05) is 51.2 Å². The Hall–Kier alpha value is -3.72. The Balaban J connectivity index is 0.00000141. The number of hydrogen-bond acceptors (Lipinski definition) is 7. The third-order valence-electron chi connectivity index (χ3n) is 5.96. The standard InChI is InChI=1S/C24H25FN6O2.C2H6/c1-29-7-8-31(21-9-16(32-3)10-22(33-4)23(21)25)20-6-5-18-24(17(20)14-29)28-19(12-26-18)15-11-27-30(2)13-15;1-2/h5-6,9-13H,7-8,14H2,1-4H3;1-2H3. The highest BCUT2D eigenvalue weighted by Crippen LogP contribution is 2.40. The largest absolute Gasteiger partial charge is 0.497 e. The first-order valence-electron chi connectivity index (χ1n) is 11.6. The molecular weight excluding hydrogens is 447 g/mol. The first-order valence-corrected chi connectivity index (χ1v) is 11.6. The van der Waals surface area contributed by atoms with Crippen molar-refractivity contribution in [2.75, 3.05) is 39.3 Å². The van der Waals surface area contributed by atoms with Crippen molar-refractivity contribution in [1.82, 2.24) is 24.6 Å². The minimum absolute atomic E-state index is 0.142. The van der Waals surface area contributed by atoms with Crippen molar-refractivity contribution in [2.24, 2.45) is 7.05 Å². The molecule has 2 aromatic heterocycles. The zero-order chi connectivity index (χ0) is 25.1. The number of benzene rings is 2. The summed E-state index contributed by atoms with van der Waals surface area (Å²) in [5.74, 6) is 0.244. The zero-order valence-corrected chi connectivity index (χ0v) is 21.0. The summed E-state index contributed by atoms with van der Waals surface area (Å²) in [5.41, 5.74) is 5.51. The van der Waals surface area contributed by atoms with E-state index in [-0.39, 0.29) is 5.75 Å². The van der Waals surface area contributed by atoms with Crippen LogP contribution >= 0.6 is 0 Å². The van der Waals surface area contributed by atoms with Crippen molar-refractivity contribution >= 4 is 22.4 Å². The van der Waals surface area contributed by atoms with Gasteiger partial charge in [-0.1, -0.05) is 13.8 Å². The number of likely N-dealkylation sites (N-methyl/N-ethyl adjacent to an activating group) is 1. The number of fused-ring (bicyclic) bond motifs is 3. The summed E-state index contributed by atoms with van der Waals surface area (Å²) in [7, 11) is 6.93. The molecule has 4 aromatic rings. The highest BCUT2D eigenvalue weighted by Gasteiger charge is 2.26. The van der Waals surface area contributed by atoms with Crippen molar-refractivity contribution in [3.63, 3.8) is 0 Å². The van der Waals surface area contributed by atoms with E-state index in [0.29, 0.717) is 24.5 Å². The fourth-order valence-corrected chi connectivity index (χ4v) is 4.24. The quantitative estimate of drug-likeness (QED) is 0.417. The van der Waals surface area contributed by atoms with Crippen LogP contribution in [0.2, 0.25) is 0 Å². The SMILES string of the molecule is CC.COc1cc(OC)c(F)c(N2CCN(C)Cc3c2ccc2ncc(-c4cnn(C)c4)nc32)c1. The van der Waals surface area contributed by atoms with Crippen molar-refractivity contribution in [3.8, 4) is 22.8 Å². The number of aryl methyl sites for hydroxylation is 1. The molecule has 0 amide bonds. The predicted molar refractivity (Wildman–Crippen MR) is 136 cm³/mol. The van der Waals surface area contributed by atoms with Gasteiger partial charge in [-0.3, -0.25) is 9.67 Å². The van der Waals surface area contributed by atoms with Gasteiger partial charge in [0.2, 0.25) is 0 Å². The number of aromatic nitrogens is 4. The van der Waals surface area contributed by atoms with Crippen LogP contribution in [0.3, 0.4) is 0 Å². The van der Waals surface area contributed by atoms with Gasteiger partial charge in [-0.15, -0.1) is 0 Å². The summed E-state index contributed by atoms with van der Waals surface area (Å²) in [5, 5.41) is 4.25. The molecule has 2 aromatic carbocycles. The summed E-state index contributed by atoms with van der Waals surface area (Å²) in [6.45, 7) is 6.00. The maximum absolute atomic E-state index is 15.4. The lowest BCUT2D eigenvalue weighted by Gasteiger charge is -2.26. The Kier molecular flexibility index (Phi) is 7.16. The summed E-state index contributed by atoms with van der Waals surface area (Å²) >= 11 is 0. The monoisotopic (exact) mass is 478 g/mol. The van der Waals surface area contributed by atoms with E-state index in [9.17, 15) is 0 Å². The number of methoxy groups -OCH3 is 2. The van der Waals surface area contributed by atoms with E-state index >= 15 is 4.39 Å². The molecule has 0 spiro atoms. The molecule has 0 atom stereocenters. The lowest BCUT2D eigenvalue weighted by Crippen LogP contribution is -2.26. The predicted octanol–water partition coefficient (Wildman–Crippen LogP) is 4.80. The van der Waals surface area contributed by atoms with Crippen molar-refractivity contribution in [3.05, 3.63) is 54.2 Å². The van der Waals surface area contributed by atoms with Gasteiger partial charge >= 0.3 is 0 Å². The second kappa shape index (κ2) is 10.3. The Morgan fingerprint density at radius 3 is 2.46 bits per heavy atom. The van der Waals surface area contributed by atoms with E-state index in [1.54, 1.807) is 36.3 Å². The normalized spacial score (nSPS) is 13.6. The van der Waals surface area contributed by atoms with Crippen LogP contribution in [0.5, 0.6) is 11.5 Å². The molecule has 9 heteroatoms. The first kappa shape index (κ1) is 24.4. The summed E-state index contributed by atoms with van der Waals surface area (Å²) in [6, 6.07) is 7.17. The Morgan fingerprint density at radius 1 is 0.971 bits per heavy atom. The van der Waals surface area contributed by atoms with Crippen molar-refractivity contribution in [1.29, 1.82) is 0 Å². The third-order valence-corrected chi connectivity index (χ3v) is 5.96. The van der Waals surface area contributed by atoms with Crippen LogP contribution in [0.4, 0.5) is 15.8 Å². The lowest BCUT2D eigenvalue weighted by atomic mass is 10.1. The molecule has 8 nitrogen and oxygen atoms in total. The number of rotatable bonds is 4. The number of hydrogen-bond donors (Lipinski definition) is 0. The fourth-order valence-electron chi connectivity index (χ4n) is 4.24. The van der Waals surface area contributed by atoms with Gasteiger partial charge in [0.15, 0.2) is 11.6 Å². The molecule has 0 N–H and O–H groups in total. The minimum atomic E-state index is -0.427. The molecule has 0 fully saturated rings. The lowest BCUT2D eigenvalue weighted by molar-refractivity contribution is 0.343. The molecule has 5 rings (SSSR count). The molecule has 3 heterocycles. The van der Waals surface area contributed by atoms with Crippen LogP contribution in [-0.2, 0) is 13.6 Å². The van der Waals surface area contributed by atoms with E-state index in [2.05, 4.69) is 15.0 Å². The van der Waals surface area contributed by atoms with Gasteiger partial charge in [0.25, 0.3) is 0 Å². The van der Waals surface area contributed by atoms with Gasteiger partial charge in [0, 0.05) is 61.8 Å². The molecule has 184 valence electrons. The van der Waals surface area contributed by atoms with Crippen LogP contribution in [0, 0.1) is 5.82 Å². The van der Waals surface area contributed by atoms with Gasteiger partial charge in [-0.25, -0.2) is 9.37 Å². The maximum atomic E-state index is 15.4. The summed E-state index contributed by atoms with van der Waals surface area (Å²) in [6.07, 6.45) is 5.44. The van der Waals surface area contributed by atoms with Crippen molar-refractivity contribution < 1.29 is 13.9 Å². The molecule has 0 radical (unpaired) electrons. The average molecular weight is 479 g/mol. The highest BCUT2D eigenvalue weighted by atomic mass is 19.1. The third kappa shape index (κ3) is 4.64. The Bertz CT molecular complexity index is 1340. The molecule has 1 aliphatic rings. The summed E-state index contributed by atoms with van der Waals surface area (Å²) in [4.78, 5) is 13.8. The second-order valence-corrected chi connectivity index (χ2v) is 8.14. The van der Waals surface area contributed by atoms with Gasteiger partial charge in [0.05, 0.1) is 49.0 Å². The van der Waals surface area contributed by atoms with Gasteiger partial charge < -0.3 is 19.3 Å². The van der Waals surface area contributed by atoms with Crippen molar-refractivity contribution in [2.45, 2.75) is 20.4 Å².